The van der Waals surface area contributed by atoms with E-state index in [-0.39, 0.29) is 11.8 Å². The van der Waals surface area contributed by atoms with Crippen molar-refractivity contribution in [3.8, 4) is 5.75 Å². The number of halogens is 2. The minimum absolute atomic E-state index is 0.0222. The Hall–Kier alpha value is -1.46. The van der Waals surface area contributed by atoms with Gasteiger partial charge in [0.05, 0.1) is 5.02 Å². The van der Waals surface area contributed by atoms with Gasteiger partial charge in [0, 0.05) is 10.9 Å². The molecule has 23 heavy (non-hydrogen) atoms. The third-order valence-corrected chi connectivity index (χ3v) is 4.38. The molecule has 1 aromatic rings. The summed E-state index contributed by atoms with van der Waals surface area (Å²) in [4.78, 5) is 24.0. The van der Waals surface area contributed by atoms with Crippen LogP contribution in [0.25, 0.3) is 0 Å². The lowest BCUT2D eigenvalue weighted by Crippen LogP contribution is -2.49. The molecule has 1 saturated carbocycles. The molecule has 1 aliphatic rings. The van der Waals surface area contributed by atoms with E-state index in [1.165, 1.54) is 12.5 Å². The number of nitrogens with one attached hydrogen (secondary N) is 2. The van der Waals surface area contributed by atoms with Crippen molar-refractivity contribution in [2.75, 3.05) is 0 Å². The van der Waals surface area contributed by atoms with E-state index in [9.17, 15) is 9.59 Å². The maximum absolute atomic E-state index is 12.0. The summed E-state index contributed by atoms with van der Waals surface area (Å²) >= 11 is 11.8. The first kappa shape index (κ1) is 17.9. The van der Waals surface area contributed by atoms with Crippen LogP contribution in [0, 0.1) is 5.92 Å². The molecule has 126 valence electrons. The SMILES string of the molecule is CC(Oc1ccc(Cl)cc1Cl)C(=O)NNC(=O)C1CCCCC1. The van der Waals surface area contributed by atoms with E-state index in [1.54, 1.807) is 19.1 Å². The molecule has 0 radical (unpaired) electrons. The number of carbonyl (C=O) groups excluding carboxylic acids is 2. The molecule has 0 bridgehead atoms. The zero-order chi connectivity index (χ0) is 16.8. The highest BCUT2D eigenvalue weighted by molar-refractivity contribution is 6.35. The summed E-state index contributed by atoms with van der Waals surface area (Å²) in [6.07, 6.45) is 4.21. The number of amides is 2. The lowest BCUT2D eigenvalue weighted by molar-refractivity contribution is -0.134. The maximum atomic E-state index is 12.0. The third kappa shape index (κ3) is 5.29. The standard InChI is InChI=1S/C16H20Cl2N2O3/c1-10(23-14-8-7-12(17)9-13(14)18)15(21)19-20-16(22)11-5-3-2-4-6-11/h7-11H,2-6H2,1H3,(H,19,21)(H,20,22). The molecule has 1 atom stereocenters. The van der Waals surface area contributed by atoms with Crippen molar-refractivity contribution in [3.05, 3.63) is 28.2 Å². The average molecular weight is 359 g/mol. The van der Waals surface area contributed by atoms with Gasteiger partial charge in [-0.05, 0) is 38.0 Å². The number of rotatable bonds is 4. The van der Waals surface area contributed by atoms with Gasteiger partial charge < -0.3 is 4.74 Å². The monoisotopic (exact) mass is 358 g/mol. The zero-order valence-electron chi connectivity index (χ0n) is 12.9. The first-order valence-corrected chi connectivity index (χ1v) is 8.44. The van der Waals surface area contributed by atoms with Gasteiger partial charge in [0.2, 0.25) is 5.91 Å². The molecule has 2 amide bonds. The maximum Gasteiger partial charge on any atom is 0.279 e. The summed E-state index contributed by atoms with van der Waals surface area (Å²) in [5, 5.41) is 0.808. The Morgan fingerprint density at radius 3 is 2.52 bits per heavy atom. The Balaban J connectivity index is 1.81. The van der Waals surface area contributed by atoms with Crippen molar-refractivity contribution in [1.29, 1.82) is 0 Å². The van der Waals surface area contributed by atoms with Gasteiger partial charge in [-0.15, -0.1) is 0 Å². The topological polar surface area (TPSA) is 67.4 Å². The fourth-order valence-electron chi connectivity index (χ4n) is 2.51. The summed E-state index contributed by atoms with van der Waals surface area (Å²) in [6, 6.07) is 4.75. The molecule has 2 rings (SSSR count). The Morgan fingerprint density at radius 2 is 1.87 bits per heavy atom. The van der Waals surface area contributed by atoms with Crippen molar-refractivity contribution in [2.45, 2.75) is 45.1 Å². The van der Waals surface area contributed by atoms with E-state index < -0.39 is 12.0 Å². The number of benzene rings is 1. The zero-order valence-corrected chi connectivity index (χ0v) is 14.4. The van der Waals surface area contributed by atoms with E-state index >= 15 is 0 Å². The molecule has 2 N–H and O–H groups in total. The van der Waals surface area contributed by atoms with E-state index in [4.69, 9.17) is 27.9 Å². The van der Waals surface area contributed by atoms with Gasteiger partial charge >= 0.3 is 0 Å². The van der Waals surface area contributed by atoms with Crippen molar-refractivity contribution in [2.24, 2.45) is 5.92 Å². The Bertz CT molecular complexity index is 574. The van der Waals surface area contributed by atoms with Gasteiger partial charge in [-0.2, -0.15) is 0 Å². The second kappa shape index (κ2) is 8.41. The van der Waals surface area contributed by atoms with Crippen LogP contribution in [0.4, 0.5) is 0 Å². The molecule has 7 heteroatoms. The van der Waals surface area contributed by atoms with Gasteiger partial charge in [0.1, 0.15) is 5.75 Å². The molecule has 1 aliphatic carbocycles. The van der Waals surface area contributed by atoms with Crippen LogP contribution in [-0.2, 0) is 9.59 Å². The Labute approximate surface area is 145 Å². The lowest BCUT2D eigenvalue weighted by atomic mass is 9.89. The summed E-state index contributed by atoms with van der Waals surface area (Å²) in [6.45, 7) is 1.58. The molecule has 1 fully saturated rings. The normalized spacial score (nSPS) is 16.5. The minimum Gasteiger partial charge on any atom is -0.479 e. The van der Waals surface area contributed by atoms with Crippen molar-refractivity contribution < 1.29 is 14.3 Å². The number of ether oxygens (including phenoxy) is 1. The second-order valence-electron chi connectivity index (χ2n) is 5.65. The summed E-state index contributed by atoms with van der Waals surface area (Å²) < 4.78 is 5.49. The van der Waals surface area contributed by atoms with E-state index in [1.807, 2.05) is 0 Å². The van der Waals surface area contributed by atoms with Crippen LogP contribution in [0.2, 0.25) is 10.0 Å². The Morgan fingerprint density at radius 1 is 1.17 bits per heavy atom. The van der Waals surface area contributed by atoms with Gasteiger partial charge in [0.25, 0.3) is 5.91 Å². The third-order valence-electron chi connectivity index (χ3n) is 3.85. The van der Waals surface area contributed by atoms with Crippen molar-refractivity contribution in [3.63, 3.8) is 0 Å². The lowest BCUT2D eigenvalue weighted by Gasteiger charge is -2.21. The molecule has 0 aliphatic heterocycles. The van der Waals surface area contributed by atoms with Gasteiger partial charge in [-0.25, -0.2) is 0 Å². The van der Waals surface area contributed by atoms with Crippen LogP contribution in [-0.4, -0.2) is 17.9 Å². The number of carbonyl (C=O) groups is 2. The minimum atomic E-state index is -0.805. The molecule has 0 saturated heterocycles. The fourth-order valence-corrected chi connectivity index (χ4v) is 2.96. The molecule has 0 heterocycles. The molecule has 0 spiro atoms. The van der Waals surface area contributed by atoms with E-state index in [2.05, 4.69) is 10.9 Å². The van der Waals surface area contributed by atoms with Crippen LogP contribution >= 0.6 is 23.2 Å². The average Bonchev–Trinajstić information content (AvgIpc) is 2.55. The molecule has 1 aromatic carbocycles. The first-order chi connectivity index (χ1) is 11.0. The smallest absolute Gasteiger partial charge is 0.279 e. The van der Waals surface area contributed by atoms with Crippen molar-refractivity contribution >= 4 is 35.0 Å². The van der Waals surface area contributed by atoms with Crippen LogP contribution in [0.1, 0.15) is 39.0 Å². The summed E-state index contributed by atoms with van der Waals surface area (Å²) in [7, 11) is 0. The van der Waals surface area contributed by atoms with Crippen LogP contribution in [0.15, 0.2) is 18.2 Å². The molecule has 0 aromatic heterocycles. The largest absolute Gasteiger partial charge is 0.479 e. The van der Waals surface area contributed by atoms with Crippen LogP contribution in [0.3, 0.4) is 0 Å². The number of hydrazine groups is 1. The molecular weight excluding hydrogens is 339 g/mol. The van der Waals surface area contributed by atoms with E-state index in [0.717, 1.165) is 25.7 Å². The first-order valence-electron chi connectivity index (χ1n) is 7.69. The molecular formula is C16H20Cl2N2O3. The van der Waals surface area contributed by atoms with Crippen LogP contribution in [0.5, 0.6) is 5.75 Å². The quantitative estimate of drug-likeness (QED) is 0.809. The number of hydrogen-bond acceptors (Lipinski definition) is 3. The highest BCUT2D eigenvalue weighted by atomic mass is 35.5. The van der Waals surface area contributed by atoms with Gasteiger partial charge in [-0.1, -0.05) is 42.5 Å². The highest BCUT2D eigenvalue weighted by Gasteiger charge is 2.22. The predicted molar refractivity (Wildman–Crippen MR) is 89.4 cm³/mol. The summed E-state index contributed by atoms with van der Waals surface area (Å²) in [5.74, 6) is -0.252. The van der Waals surface area contributed by atoms with Gasteiger partial charge in [-0.3, -0.25) is 20.4 Å². The van der Waals surface area contributed by atoms with Crippen molar-refractivity contribution in [1.82, 2.24) is 10.9 Å². The second-order valence-corrected chi connectivity index (χ2v) is 6.49. The predicted octanol–water partition coefficient (Wildman–Crippen LogP) is 3.49. The highest BCUT2D eigenvalue weighted by Crippen LogP contribution is 2.28. The van der Waals surface area contributed by atoms with Gasteiger partial charge in [0.15, 0.2) is 6.10 Å². The van der Waals surface area contributed by atoms with Crippen LogP contribution < -0.4 is 15.6 Å². The van der Waals surface area contributed by atoms with E-state index in [0.29, 0.717) is 15.8 Å². The summed E-state index contributed by atoms with van der Waals surface area (Å²) in [5.41, 5.74) is 4.87. The number of hydrogen-bond donors (Lipinski definition) is 2. The Kier molecular flexibility index (Phi) is 6.54. The molecule has 1 unspecified atom stereocenters. The fraction of sp³-hybridized carbons (Fsp3) is 0.500. The molecule has 5 nitrogen and oxygen atoms in total.